The fourth-order valence-corrected chi connectivity index (χ4v) is 2.41. The molecule has 0 saturated carbocycles. The molecule has 0 atom stereocenters. The highest BCUT2D eigenvalue weighted by molar-refractivity contribution is 9.10. The van der Waals surface area contributed by atoms with Crippen LogP contribution in [0.4, 0.5) is 0 Å². The average molecular weight is 286 g/mol. The lowest BCUT2D eigenvalue weighted by molar-refractivity contribution is 0.170. The number of hydrogen-bond donors (Lipinski definition) is 1. The number of halogens is 1. The third kappa shape index (κ3) is 2.18. The maximum atomic E-state index is 5.60. The van der Waals surface area contributed by atoms with Crippen LogP contribution in [0.5, 0.6) is 11.5 Å². The second-order valence-corrected chi connectivity index (χ2v) is 4.68. The lowest BCUT2D eigenvalue weighted by Crippen LogP contribution is -2.16. The molecular weight excluding hydrogens is 270 g/mol. The zero-order valence-electron chi connectivity index (χ0n) is 9.38. The number of benzene rings is 1. The highest BCUT2D eigenvalue weighted by Crippen LogP contribution is 2.41. The molecule has 88 valence electrons. The van der Waals surface area contributed by atoms with Crippen molar-refractivity contribution >= 4 is 15.9 Å². The van der Waals surface area contributed by atoms with E-state index in [2.05, 4.69) is 28.9 Å². The van der Waals surface area contributed by atoms with E-state index in [9.17, 15) is 0 Å². The van der Waals surface area contributed by atoms with Crippen molar-refractivity contribution in [3.63, 3.8) is 0 Å². The van der Waals surface area contributed by atoms with Crippen molar-refractivity contribution in [1.82, 2.24) is 0 Å². The van der Waals surface area contributed by atoms with Crippen LogP contribution in [0.2, 0.25) is 0 Å². The fourth-order valence-electron chi connectivity index (χ4n) is 1.84. The number of aryl methyl sites for hydroxylation is 1. The Morgan fingerprint density at radius 3 is 2.88 bits per heavy atom. The molecule has 0 unspecified atom stereocenters. The largest absolute Gasteiger partial charge is 0.486 e. The van der Waals surface area contributed by atoms with Gasteiger partial charge in [0.15, 0.2) is 11.5 Å². The van der Waals surface area contributed by atoms with Crippen LogP contribution in [0, 0.1) is 6.92 Å². The van der Waals surface area contributed by atoms with E-state index < -0.39 is 0 Å². The van der Waals surface area contributed by atoms with E-state index in [-0.39, 0.29) is 0 Å². The Bertz CT molecular complexity index is 393. The lowest BCUT2D eigenvalue weighted by Gasteiger charge is -2.22. The van der Waals surface area contributed by atoms with Gasteiger partial charge < -0.3 is 15.2 Å². The maximum absolute atomic E-state index is 5.60. The van der Waals surface area contributed by atoms with E-state index in [0.717, 1.165) is 28.8 Å². The molecule has 1 aromatic rings. The molecule has 4 heteroatoms. The van der Waals surface area contributed by atoms with E-state index in [1.807, 2.05) is 0 Å². The number of nitrogens with two attached hydrogens (primary N) is 1. The molecule has 0 saturated heterocycles. The van der Waals surface area contributed by atoms with Gasteiger partial charge in [0, 0.05) is 0 Å². The smallest absolute Gasteiger partial charge is 0.175 e. The zero-order chi connectivity index (χ0) is 11.5. The normalized spacial score (nSPS) is 13.9. The Labute approximate surface area is 104 Å². The summed E-state index contributed by atoms with van der Waals surface area (Å²) in [7, 11) is 0. The molecule has 0 aliphatic carbocycles. The minimum absolute atomic E-state index is 0.618. The Hall–Kier alpha value is -0.740. The summed E-state index contributed by atoms with van der Waals surface area (Å²) in [6.45, 7) is 4.05. The molecule has 16 heavy (non-hydrogen) atoms. The predicted octanol–water partition coefficient (Wildman–Crippen LogP) is 2.42. The van der Waals surface area contributed by atoms with Crippen LogP contribution in [-0.4, -0.2) is 19.8 Å². The molecule has 1 heterocycles. The van der Waals surface area contributed by atoms with Gasteiger partial charge in [-0.3, -0.25) is 0 Å². The molecule has 0 amide bonds. The number of ether oxygens (including phenoxy) is 2. The van der Waals surface area contributed by atoms with Crippen molar-refractivity contribution < 1.29 is 9.47 Å². The van der Waals surface area contributed by atoms with E-state index in [4.69, 9.17) is 15.2 Å². The minimum Gasteiger partial charge on any atom is -0.486 e. The summed E-state index contributed by atoms with van der Waals surface area (Å²) in [4.78, 5) is 0. The zero-order valence-corrected chi connectivity index (χ0v) is 11.0. The number of fused-ring (bicyclic) bond motifs is 1. The molecule has 2 N–H and O–H groups in total. The summed E-state index contributed by atoms with van der Waals surface area (Å²) >= 11 is 3.57. The van der Waals surface area contributed by atoms with Crippen molar-refractivity contribution in [1.29, 1.82) is 0 Å². The van der Waals surface area contributed by atoms with Gasteiger partial charge in [-0.05, 0) is 59.4 Å². The molecule has 1 aromatic carbocycles. The quantitative estimate of drug-likeness (QED) is 0.928. The maximum Gasteiger partial charge on any atom is 0.175 e. The third-order valence-corrected chi connectivity index (χ3v) is 3.73. The average Bonchev–Trinajstić information content (AvgIpc) is 2.32. The van der Waals surface area contributed by atoms with Crippen molar-refractivity contribution in [3.8, 4) is 11.5 Å². The lowest BCUT2D eigenvalue weighted by atomic mass is 10.0. The third-order valence-electron chi connectivity index (χ3n) is 2.78. The van der Waals surface area contributed by atoms with Crippen molar-refractivity contribution in [3.05, 3.63) is 21.7 Å². The standard InChI is InChI=1S/C12H16BrNO2/c1-8-9(3-2-4-14)7-10-12(11(8)13)16-6-5-15-10/h7H,2-6,14H2,1H3. The topological polar surface area (TPSA) is 44.5 Å². The molecule has 1 aliphatic rings. The minimum atomic E-state index is 0.618. The summed E-state index contributed by atoms with van der Waals surface area (Å²) in [6.07, 6.45) is 1.98. The van der Waals surface area contributed by atoms with Crippen LogP contribution >= 0.6 is 15.9 Å². The molecule has 0 spiro atoms. The van der Waals surface area contributed by atoms with Gasteiger partial charge in [-0.25, -0.2) is 0 Å². The van der Waals surface area contributed by atoms with Crippen LogP contribution in [0.1, 0.15) is 17.5 Å². The van der Waals surface area contributed by atoms with Crippen molar-refractivity contribution in [2.75, 3.05) is 19.8 Å². The Kier molecular flexibility index (Phi) is 3.71. The first-order chi connectivity index (χ1) is 7.74. The number of rotatable bonds is 3. The summed E-state index contributed by atoms with van der Waals surface area (Å²) < 4.78 is 12.2. The van der Waals surface area contributed by atoms with Crippen LogP contribution in [0.3, 0.4) is 0 Å². The molecule has 1 aliphatic heterocycles. The first-order valence-electron chi connectivity index (χ1n) is 5.51. The molecule has 3 nitrogen and oxygen atoms in total. The van der Waals surface area contributed by atoms with Crippen LogP contribution < -0.4 is 15.2 Å². The molecule has 2 rings (SSSR count). The SMILES string of the molecule is Cc1c(CCCN)cc2c(c1Br)OCCO2. The summed E-state index contributed by atoms with van der Waals surface area (Å²) in [5, 5.41) is 0. The van der Waals surface area contributed by atoms with Gasteiger partial charge in [0.25, 0.3) is 0 Å². The molecule has 0 aromatic heterocycles. The first-order valence-corrected chi connectivity index (χ1v) is 6.31. The van der Waals surface area contributed by atoms with Gasteiger partial charge in [0.2, 0.25) is 0 Å². The summed E-state index contributed by atoms with van der Waals surface area (Å²) in [5.41, 5.74) is 8.03. The van der Waals surface area contributed by atoms with Gasteiger partial charge >= 0.3 is 0 Å². The monoisotopic (exact) mass is 285 g/mol. The van der Waals surface area contributed by atoms with E-state index in [0.29, 0.717) is 19.8 Å². The van der Waals surface area contributed by atoms with Gasteiger partial charge in [0.1, 0.15) is 13.2 Å². The summed E-state index contributed by atoms with van der Waals surface area (Å²) in [6, 6.07) is 2.07. The van der Waals surface area contributed by atoms with E-state index in [1.54, 1.807) is 0 Å². The molecule has 0 bridgehead atoms. The first kappa shape index (κ1) is 11.7. The molecule has 0 radical (unpaired) electrons. The highest BCUT2D eigenvalue weighted by Gasteiger charge is 2.19. The van der Waals surface area contributed by atoms with Crippen molar-refractivity contribution in [2.45, 2.75) is 19.8 Å². The van der Waals surface area contributed by atoms with Gasteiger partial charge in [0.05, 0.1) is 4.47 Å². The summed E-state index contributed by atoms with van der Waals surface area (Å²) in [5.74, 6) is 1.68. The fraction of sp³-hybridized carbons (Fsp3) is 0.500. The molecule has 0 fully saturated rings. The Morgan fingerprint density at radius 1 is 1.38 bits per heavy atom. The van der Waals surface area contributed by atoms with E-state index in [1.165, 1.54) is 11.1 Å². The second kappa shape index (κ2) is 5.06. The predicted molar refractivity (Wildman–Crippen MR) is 67.2 cm³/mol. The van der Waals surface area contributed by atoms with Crippen LogP contribution in [0.15, 0.2) is 10.5 Å². The molecular formula is C12H16BrNO2. The Balaban J connectivity index is 2.36. The second-order valence-electron chi connectivity index (χ2n) is 3.89. The highest BCUT2D eigenvalue weighted by atomic mass is 79.9. The van der Waals surface area contributed by atoms with Crippen LogP contribution in [-0.2, 0) is 6.42 Å². The number of hydrogen-bond acceptors (Lipinski definition) is 3. The van der Waals surface area contributed by atoms with Gasteiger partial charge in [-0.1, -0.05) is 0 Å². The van der Waals surface area contributed by atoms with Crippen LogP contribution in [0.25, 0.3) is 0 Å². The van der Waals surface area contributed by atoms with E-state index >= 15 is 0 Å². The van der Waals surface area contributed by atoms with Crippen molar-refractivity contribution in [2.24, 2.45) is 5.73 Å². The van der Waals surface area contributed by atoms with Gasteiger partial charge in [-0.2, -0.15) is 0 Å². The Morgan fingerprint density at radius 2 is 2.12 bits per heavy atom. The van der Waals surface area contributed by atoms with Gasteiger partial charge in [-0.15, -0.1) is 0 Å².